The number of nitrogens with two attached hydrogens (primary N) is 2. The minimum atomic E-state index is -4.67. The average molecular weight is 291 g/mol. The Bertz CT molecular complexity index is 506. The molecule has 1 aliphatic rings. The number of rotatable bonds is 1. The van der Waals surface area contributed by atoms with Crippen LogP contribution in [0.2, 0.25) is 0 Å². The molecule has 0 amide bonds. The smallest absolute Gasteiger partial charge is 0.394 e. The van der Waals surface area contributed by atoms with Gasteiger partial charge in [-0.25, -0.2) is 0 Å². The molecule has 0 aliphatic carbocycles. The van der Waals surface area contributed by atoms with Crippen LogP contribution in [0.3, 0.4) is 0 Å². The second kappa shape index (κ2) is 6.57. The Kier molecular flexibility index (Phi) is 5.36. The van der Waals surface area contributed by atoms with E-state index in [1.54, 1.807) is 6.07 Å². The molecule has 19 heavy (non-hydrogen) atoms. The van der Waals surface area contributed by atoms with Crippen molar-refractivity contribution >= 4 is 27.5 Å². The number of benzene rings is 1. The van der Waals surface area contributed by atoms with Crippen LogP contribution >= 0.6 is 0 Å². The first-order chi connectivity index (χ1) is 8.77. The fourth-order valence-corrected chi connectivity index (χ4v) is 1.67. The van der Waals surface area contributed by atoms with Gasteiger partial charge in [-0.15, -0.1) is 0 Å². The van der Waals surface area contributed by atoms with Gasteiger partial charge in [-0.1, -0.05) is 0 Å². The first-order valence-corrected chi connectivity index (χ1v) is 6.84. The summed E-state index contributed by atoms with van der Waals surface area (Å²) in [6.07, 6.45) is 0. The summed E-state index contributed by atoms with van der Waals surface area (Å²) >= 11 is 0. The summed E-state index contributed by atoms with van der Waals surface area (Å²) in [6, 6.07) is 5.64. The van der Waals surface area contributed by atoms with Crippen molar-refractivity contribution in [2.75, 3.05) is 42.7 Å². The lowest BCUT2D eigenvalue weighted by Crippen LogP contribution is -2.36. The van der Waals surface area contributed by atoms with Gasteiger partial charge in [0, 0.05) is 18.8 Å². The summed E-state index contributed by atoms with van der Waals surface area (Å²) in [5, 5.41) is 0. The normalized spacial score (nSPS) is 15.6. The quantitative estimate of drug-likeness (QED) is 0.420. The third-order valence-electron chi connectivity index (χ3n) is 2.40. The van der Waals surface area contributed by atoms with Crippen LogP contribution in [-0.2, 0) is 15.1 Å². The summed E-state index contributed by atoms with van der Waals surface area (Å²) in [6.45, 7) is 3.33. The number of hydrogen-bond acceptors (Lipinski definition) is 6. The Morgan fingerprint density at radius 1 is 1.16 bits per heavy atom. The molecule has 6 N–H and O–H groups in total. The highest BCUT2D eigenvalue weighted by Crippen LogP contribution is 2.25. The lowest BCUT2D eigenvalue weighted by atomic mass is 10.2. The van der Waals surface area contributed by atoms with Gasteiger partial charge >= 0.3 is 10.4 Å². The van der Waals surface area contributed by atoms with Crippen molar-refractivity contribution in [1.29, 1.82) is 0 Å². The van der Waals surface area contributed by atoms with E-state index in [4.69, 9.17) is 33.7 Å². The molecular weight excluding hydrogens is 274 g/mol. The predicted octanol–water partition coefficient (Wildman–Crippen LogP) is 0.0348. The maximum Gasteiger partial charge on any atom is 0.394 e. The fraction of sp³-hybridized carbons (Fsp3) is 0.400. The standard InChI is InChI=1S/C10H15N3O.H2O4S/c11-8-1-2-10(9(12)7-8)13-3-5-14-6-4-13;1-5(2,3)4/h1-2,7H,3-6,11-12H2;(H2,1,2,3,4). The average Bonchev–Trinajstić information content (AvgIpc) is 2.28. The highest BCUT2D eigenvalue weighted by Gasteiger charge is 2.13. The lowest BCUT2D eigenvalue weighted by molar-refractivity contribution is 0.123. The van der Waals surface area contributed by atoms with E-state index in [0.29, 0.717) is 5.69 Å². The Morgan fingerprint density at radius 3 is 2.16 bits per heavy atom. The van der Waals surface area contributed by atoms with Crippen molar-refractivity contribution in [3.63, 3.8) is 0 Å². The second-order valence-corrected chi connectivity index (χ2v) is 4.76. The maximum atomic E-state index is 8.74. The van der Waals surface area contributed by atoms with E-state index < -0.39 is 10.4 Å². The van der Waals surface area contributed by atoms with Crippen molar-refractivity contribution in [3.8, 4) is 0 Å². The van der Waals surface area contributed by atoms with Crippen LogP contribution in [0.4, 0.5) is 17.1 Å². The zero-order valence-corrected chi connectivity index (χ0v) is 11.0. The SMILES string of the molecule is Nc1ccc(N2CCOCC2)c(N)c1.O=S(=O)(O)O. The topological polar surface area (TPSA) is 139 Å². The van der Waals surface area contributed by atoms with Crippen molar-refractivity contribution < 1.29 is 22.3 Å². The van der Waals surface area contributed by atoms with Crippen LogP contribution in [0.1, 0.15) is 0 Å². The molecule has 2 rings (SSSR count). The van der Waals surface area contributed by atoms with Gasteiger partial charge in [0.05, 0.1) is 24.6 Å². The van der Waals surface area contributed by atoms with Crippen LogP contribution in [0.5, 0.6) is 0 Å². The van der Waals surface area contributed by atoms with E-state index in [1.165, 1.54) is 0 Å². The first-order valence-electron chi connectivity index (χ1n) is 5.45. The molecule has 0 aromatic heterocycles. The molecule has 0 saturated carbocycles. The van der Waals surface area contributed by atoms with E-state index >= 15 is 0 Å². The van der Waals surface area contributed by atoms with Gasteiger partial charge in [0.15, 0.2) is 0 Å². The first kappa shape index (κ1) is 15.5. The van der Waals surface area contributed by atoms with E-state index in [0.717, 1.165) is 37.7 Å². The molecule has 108 valence electrons. The van der Waals surface area contributed by atoms with E-state index in [9.17, 15) is 0 Å². The molecule has 0 radical (unpaired) electrons. The molecular formula is C10H17N3O5S. The van der Waals surface area contributed by atoms with Crippen LogP contribution < -0.4 is 16.4 Å². The molecule has 1 aromatic rings. The molecule has 0 bridgehead atoms. The largest absolute Gasteiger partial charge is 0.399 e. The fourth-order valence-electron chi connectivity index (χ4n) is 1.67. The summed E-state index contributed by atoms with van der Waals surface area (Å²) in [7, 11) is -4.67. The van der Waals surface area contributed by atoms with Crippen molar-refractivity contribution in [3.05, 3.63) is 18.2 Å². The lowest BCUT2D eigenvalue weighted by Gasteiger charge is -2.29. The Morgan fingerprint density at radius 2 is 1.68 bits per heavy atom. The van der Waals surface area contributed by atoms with Gasteiger partial charge < -0.3 is 21.1 Å². The Hall–Kier alpha value is -1.55. The van der Waals surface area contributed by atoms with Gasteiger partial charge in [-0.2, -0.15) is 8.42 Å². The van der Waals surface area contributed by atoms with Crippen molar-refractivity contribution in [2.24, 2.45) is 0 Å². The highest BCUT2D eigenvalue weighted by molar-refractivity contribution is 7.79. The summed E-state index contributed by atoms with van der Waals surface area (Å²) in [5.74, 6) is 0. The molecule has 0 unspecified atom stereocenters. The third kappa shape index (κ3) is 6.25. The van der Waals surface area contributed by atoms with Crippen molar-refractivity contribution in [2.45, 2.75) is 0 Å². The number of nitrogen functional groups attached to an aromatic ring is 2. The van der Waals surface area contributed by atoms with Gasteiger partial charge in [0.2, 0.25) is 0 Å². The third-order valence-corrected chi connectivity index (χ3v) is 2.40. The highest BCUT2D eigenvalue weighted by atomic mass is 32.3. The molecule has 1 aromatic carbocycles. The summed E-state index contributed by atoms with van der Waals surface area (Å²) in [4.78, 5) is 2.22. The van der Waals surface area contributed by atoms with Crippen LogP contribution in [-0.4, -0.2) is 43.8 Å². The Labute approximate surface area is 111 Å². The minimum absolute atomic E-state index is 0.708. The van der Waals surface area contributed by atoms with Crippen LogP contribution in [0.15, 0.2) is 18.2 Å². The van der Waals surface area contributed by atoms with Gasteiger partial charge in [-0.05, 0) is 18.2 Å². The molecule has 9 heteroatoms. The number of nitrogens with zero attached hydrogens (tertiary/aromatic N) is 1. The number of anilines is 3. The maximum absolute atomic E-state index is 8.74. The van der Waals surface area contributed by atoms with Gasteiger partial charge in [0.25, 0.3) is 0 Å². The molecule has 1 heterocycles. The number of ether oxygens (including phenoxy) is 1. The monoisotopic (exact) mass is 291 g/mol. The van der Waals surface area contributed by atoms with E-state index in [-0.39, 0.29) is 0 Å². The van der Waals surface area contributed by atoms with E-state index in [2.05, 4.69) is 4.90 Å². The van der Waals surface area contributed by atoms with Gasteiger partial charge in [0.1, 0.15) is 0 Å². The number of morpholine rings is 1. The van der Waals surface area contributed by atoms with Crippen LogP contribution in [0.25, 0.3) is 0 Å². The summed E-state index contributed by atoms with van der Waals surface area (Å²) < 4.78 is 36.9. The zero-order valence-electron chi connectivity index (χ0n) is 10.2. The molecule has 8 nitrogen and oxygen atoms in total. The van der Waals surface area contributed by atoms with Crippen LogP contribution in [0, 0.1) is 0 Å². The zero-order chi connectivity index (χ0) is 14.5. The van der Waals surface area contributed by atoms with E-state index in [1.807, 2.05) is 12.1 Å². The molecule has 1 saturated heterocycles. The number of hydrogen-bond donors (Lipinski definition) is 4. The molecule has 1 fully saturated rings. The van der Waals surface area contributed by atoms with Gasteiger partial charge in [-0.3, -0.25) is 9.11 Å². The molecule has 0 spiro atoms. The van der Waals surface area contributed by atoms with Crippen molar-refractivity contribution in [1.82, 2.24) is 0 Å². The molecule has 1 aliphatic heterocycles. The Balaban J connectivity index is 0.000000312. The predicted molar refractivity (Wildman–Crippen MR) is 72.5 cm³/mol. The minimum Gasteiger partial charge on any atom is -0.399 e. The molecule has 0 atom stereocenters. The second-order valence-electron chi connectivity index (χ2n) is 3.87. The summed E-state index contributed by atoms with van der Waals surface area (Å²) in [5.41, 5.74) is 14.0.